The van der Waals surface area contributed by atoms with Gasteiger partial charge in [-0.3, -0.25) is 15.0 Å². The zero-order valence-electron chi connectivity index (χ0n) is 14.3. The third kappa shape index (κ3) is 4.63. The highest BCUT2D eigenvalue weighted by molar-refractivity contribution is 5.61. The molecule has 1 saturated heterocycles. The summed E-state index contributed by atoms with van der Waals surface area (Å²) in [5, 5.41) is 14.0. The molecule has 3 rings (SSSR count). The Kier molecular flexibility index (Phi) is 5.90. The van der Waals surface area contributed by atoms with Crippen molar-refractivity contribution in [1.82, 2.24) is 14.9 Å². The van der Waals surface area contributed by atoms with Crippen molar-refractivity contribution in [2.45, 2.75) is 6.42 Å². The van der Waals surface area contributed by atoms with Crippen molar-refractivity contribution >= 4 is 17.3 Å². The lowest BCUT2D eigenvalue weighted by Gasteiger charge is -2.34. The number of aromatic nitrogens is 2. The molecular formula is C17H21FN6O2. The Balaban J connectivity index is 1.41. The molecule has 138 valence electrons. The Hall–Kier alpha value is -2.81. The Morgan fingerprint density at radius 3 is 2.62 bits per heavy atom. The van der Waals surface area contributed by atoms with Crippen LogP contribution in [0.2, 0.25) is 0 Å². The van der Waals surface area contributed by atoms with Crippen molar-refractivity contribution in [3.63, 3.8) is 0 Å². The molecule has 2 aromatic rings. The summed E-state index contributed by atoms with van der Waals surface area (Å²) in [6.07, 6.45) is 4.33. The van der Waals surface area contributed by atoms with Crippen molar-refractivity contribution in [2.75, 3.05) is 49.5 Å². The van der Waals surface area contributed by atoms with Crippen LogP contribution in [0, 0.1) is 15.9 Å². The number of halogens is 1. The molecule has 0 radical (unpaired) electrons. The van der Waals surface area contributed by atoms with E-state index < -0.39 is 10.7 Å². The number of hydrogen-bond donors (Lipinski definition) is 1. The topological polar surface area (TPSA) is 87.4 Å². The lowest BCUT2D eigenvalue weighted by Crippen LogP contribution is -2.47. The maximum Gasteiger partial charge on any atom is 0.295 e. The van der Waals surface area contributed by atoms with E-state index in [1.54, 1.807) is 18.5 Å². The van der Waals surface area contributed by atoms with Crippen molar-refractivity contribution in [3.8, 4) is 0 Å². The minimum Gasteiger partial charge on any atom is -0.379 e. The molecule has 2 heterocycles. The highest BCUT2D eigenvalue weighted by atomic mass is 19.1. The quantitative estimate of drug-likeness (QED) is 0.460. The molecule has 0 unspecified atom stereocenters. The summed E-state index contributed by atoms with van der Waals surface area (Å²) in [5.74, 6) is 0.153. The molecule has 1 aliphatic rings. The Labute approximate surface area is 150 Å². The molecule has 1 aromatic carbocycles. The molecule has 26 heavy (non-hydrogen) atoms. The van der Waals surface area contributed by atoms with Crippen LogP contribution in [0.4, 0.5) is 21.7 Å². The van der Waals surface area contributed by atoms with Gasteiger partial charge in [0.2, 0.25) is 5.95 Å². The van der Waals surface area contributed by atoms with Gasteiger partial charge >= 0.3 is 0 Å². The van der Waals surface area contributed by atoms with Gasteiger partial charge in [0.15, 0.2) is 0 Å². The fourth-order valence-electron chi connectivity index (χ4n) is 2.96. The molecule has 1 fully saturated rings. The fraction of sp³-hybridized carbons (Fsp3) is 0.412. The predicted molar refractivity (Wildman–Crippen MR) is 96.8 cm³/mol. The van der Waals surface area contributed by atoms with Crippen LogP contribution in [0.15, 0.2) is 36.7 Å². The van der Waals surface area contributed by atoms with Crippen LogP contribution in [-0.2, 0) is 0 Å². The molecule has 1 aromatic heterocycles. The second-order valence-electron chi connectivity index (χ2n) is 6.08. The smallest absolute Gasteiger partial charge is 0.295 e. The van der Waals surface area contributed by atoms with E-state index in [0.29, 0.717) is 12.2 Å². The number of nitrogens with one attached hydrogen (secondary N) is 1. The zero-order chi connectivity index (χ0) is 18.4. The standard InChI is InChI=1S/C17H21FN6O2/c18-14-3-4-15(16(13-14)24(25)26)19-7-2-8-22-9-11-23(12-10-22)17-20-5-1-6-21-17/h1,3-6,13,19H,2,7-12H2. The number of rotatable bonds is 7. The van der Waals surface area contributed by atoms with Gasteiger partial charge in [0.25, 0.3) is 5.69 Å². The summed E-state index contributed by atoms with van der Waals surface area (Å²) in [5.41, 5.74) is 0.115. The van der Waals surface area contributed by atoms with Crippen molar-refractivity contribution in [3.05, 3.63) is 52.6 Å². The summed E-state index contributed by atoms with van der Waals surface area (Å²) in [4.78, 5) is 23.5. The Morgan fingerprint density at radius 1 is 1.19 bits per heavy atom. The zero-order valence-corrected chi connectivity index (χ0v) is 14.3. The van der Waals surface area contributed by atoms with Gasteiger partial charge in [-0.05, 0) is 31.2 Å². The van der Waals surface area contributed by atoms with Crippen LogP contribution in [0.3, 0.4) is 0 Å². The minimum absolute atomic E-state index is 0.235. The largest absolute Gasteiger partial charge is 0.379 e. The first-order chi connectivity index (χ1) is 12.6. The molecule has 9 heteroatoms. The van der Waals surface area contributed by atoms with Crippen molar-refractivity contribution in [1.29, 1.82) is 0 Å². The molecule has 0 spiro atoms. The van der Waals surface area contributed by atoms with E-state index in [4.69, 9.17) is 0 Å². The highest BCUT2D eigenvalue weighted by Crippen LogP contribution is 2.24. The van der Waals surface area contributed by atoms with Gasteiger partial charge in [0.1, 0.15) is 11.5 Å². The molecule has 0 saturated carbocycles. The van der Waals surface area contributed by atoms with E-state index >= 15 is 0 Å². The highest BCUT2D eigenvalue weighted by Gasteiger charge is 2.18. The summed E-state index contributed by atoms with van der Waals surface area (Å²) in [7, 11) is 0. The number of nitro groups is 1. The van der Waals surface area contributed by atoms with Crippen LogP contribution < -0.4 is 10.2 Å². The molecule has 1 N–H and O–H groups in total. The monoisotopic (exact) mass is 360 g/mol. The number of nitro benzene ring substituents is 1. The number of piperazine rings is 1. The number of anilines is 2. The molecule has 8 nitrogen and oxygen atoms in total. The van der Waals surface area contributed by atoms with E-state index in [-0.39, 0.29) is 5.69 Å². The SMILES string of the molecule is O=[N+]([O-])c1cc(F)ccc1NCCCN1CCN(c2ncccn2)CC1. The van der Waals surface area contributed by atoms with Gasteiger partial charge in [-0.15, -0.1) is 0 Å². The van der Waals surface area contributed by atoms with Gasteiger partial charge in [-0.25, -0.2) is 14.4 Å². The van der Waals surface area contributed by atoms with E-state index in [1.165, 1.54) is 12.1 Å². The summed E-state index contributed by atoms with van der Waals surface area (Å²) in [6, 6.07) is 5.37. The van der Waals surface area contributed by atoms with Gasteiger partial charge in [0.05, 0.1) is 11.0 Å². The molecule has 1 aliphatic heterocycles. The average Bonchev–Trinajstić information content (AvgIpc) is 2.67. The predicted octanol–water partition coefficient (Wildman–Crippen LogP) is 2.15. The first-order valence-electron chi connectivity index (χ1n) is 8.55. The number of nitrogens with zero attached hydrogens (tertiary/aromatic N) is 5. The van der Waals surface area contributed by atoms with Gasteiger partial charge in [-0.1, -0.05) is 0 Å². The van der Waals surface area contributed by atoms with Crippen LogP contribution in [0.5, 0.6) is 0 Å². The number of hydrogen-bond acceptors (Lipinski definition) is 7. The second kappa shape index (κ2) is 8.52. The average molecular weight is 360 g/mol. The first kappa shape index (κ1) is 18.0. The van der Waals surface area contributed by atoms with Crippen LogP contribution in [0.25, 0.3) is 0 Å². The summed E-state index contributed by atoms with van der Waals surface area (Å²) in [6.45, 7) is 5.09. The minimum atomic E-state index is -0.609. The van der Waals surface area contributed by atoms with Crippen LogP contribution in [-0.4, -0.2) is 59.1 Å². The van der Waals surface area contributed by atoms with Crippen LogP contribution >= 0.6 is 0 Å². The van der Waals surface area contributed by atoms with E-state index in [0.717, 1.165) is 51.2 Å². The van der Waals surface area contributed by atoms with Gasteiger partial charge in [-0.2, -0.15) is 0 Å². The first-order valence-corrected chi connectivity index (χ1v) is 8.55. The van der Waals surface area contributed by atoms with E-state index in [2.05, 4.69) is 25.1 Å². The summed E-state index contributed by atoms with van der Waals surface area (Å²) < 4.78 is 13.1. The molecule has 0 bridgehead atoms. The fourth-order valence-corrected chi connectivity index (χ4v) is 2.96. The third-order valence-electron chi connectivity index (χ3n) is 4.33. The second-order valence-corrected chi connectivity index (χ2v) is 6.08. The molecule has 0 atom stereocenters. The number of benzene rings is 1. The normalized spacial score (nSPS) is 15.0. The third-order valence-corrected chi connectivity index (χ3v) is 4.33. The van der Waals surface area contributed by atoms with Gasteiger partial charge in [0, 0.05) is 45.1 Å². The Morgan fingerprint density at radius 2 is 1.92 bits per heavy atom. The maximum absolute atomic E-state index is 13.1. The molecule has 0 amide bonds. The summed E-state index contributed by atoms with van der Waals surface area (Å²) >= 11 is 0. The van der Waals surface area contributed by atoms with Crippen molar-refractivity contribution < 1.29 is 9.31 Å². The van der Waals surface area contributed by atoms with E-state index in [1.807, 2.05) is 0 Å². The van der Waals surface area contributed by atoms with Crippen LogP contribution in [0.1, 0.15) is 6.42 Å². The maximum atomic E-state index is 13.1. The lowest BCUT2D eigenvalue weighted by molar-refractivity contribution is -0.384. The van der Waals surface area contributed by atoms with Gasteiger partial charge < -0.3 is 10.2 Å². The molecular weight excluding hydrogens is 339 g/mol. The van der Waals surface area contributed by atoms with E-state index in [9.17, 15) is 14.5 Å². The van der Waals surface area contributed by atoms with Crippen molar-refractivity contribution in [2.24, 2.45) is 0 Å². The lowest BCUT2D eigenvalue weighted by atomic mass is 10.2. The Bertz CT molecular complexity index is 737. The molecule has 0 aliphatic carbocycles.